The van der Waals surface area contributed by atoms with E-state index in [1.165, 1.54) is 25.1 Å². The van der Waals surface area contributed by atoms with Crippen molar-refractivity contribution in [2.45, 2.75) is 44.8 Å². The molecule has 0 unspecified atom stereocenters. The second kappa shape index (κ2) is 9.23. The summed E-state index contributed by atoms with van der Waals surface area (Å²) in [6.07, 6.45) is 2.85. The minimum atomic E-state index is -1.24. The molecule has 5 rings (SSSR count). The molecule has 0 spiro atoms. The lowest BCUT2D eigenvalue weighted by atomic mass is 10.0. The number of H-pyrrole nitrogens is 1. The van der Waals surface area contributed by atoms with Gasteiger partial charge in [0.25, 0.3) is 5.91 Å². The van der Waals surface area contributed by atoms with Gasteiger partial charge in [0.15, 0.2) is 6.10 Å². The zero-order chi connectivity index (χ0) is 25.6. The van der Waals surface area contributed by atoms with Crippen molar-refractivity contribution in [3.05, 3.63) is 68.7 Å². The molecule has 0 radical (unpaired) electrons. The van der Waals surface area contributed by atoms with Gasteiger partial charge in [-0.15, -0.1) is 0 Å². The van der Waals surface area contributed by atoms with Crippen LogP contribution < -0.4 is 15.7 Å². The Labute approximate surface area is 209 Å². The van der Waals surface area contributed by atoms with Crippen molar-refractivity contribution in [3.63, 3.8) is 0 Å². The number of fused-ring (bicyclic) bond motifs is 4. The van der Waals surface area contributed by atoms with Crippen molar-refractivity contribution in [1.82, 2.24) is 10.3 Å². The number of aliphatic carboxylic acids is 1. The van der Waals surface area contributed by atoms with Crippen LogP contribution >= 0.6 is 11.6 Å². The third-order valence-corrected chi connectivity index (χ3v) is 6.78. The molecule has 9 nitrogen and oxygen atoms in total. The van der Waals surface area contributed by atoms with Gasteiger partial charge in [-0.2, -0.15) is 0 Å². The number of hydrogen-bond donors (Lipinski definition) is 4. The lowest BCUT2D eigenvalue weighted by Crippen LogP contribution is -2.47. The van der Waals surface area contributed by atoms with Crippen LogP contribution in [0.1, 0.15) is 30.0 Å². The molecule has 0 aliphatic heterocycles. The summed E-state index contributed by atoms with van der Waals surface area (Å²) in [5.74, 6) is -1.68. The first-order valence-electron chi connectivity index (χ1n) is 11.5. The van der Waals surface area contributed by atoms with Gasteiger partial charge in [0, 0.05) is 40.5 Å². The molecule has 1 aliphatic rings. The Morgan fingerprint density at radius 1 is 1.19 bits per heavy atom. The van der Waals surface area contributed by atoms with Crippen LogP contribution in [-0.4, -0.2) is 39.2 Å². The molecule has 0 saturated heterocycles. The number of aromatic nitrogens is 1. The summed E-state index contributed by atoms with van der Waals surface area (Å²) < 4.78 is 11.2. The van der Waals surface area contributed by atoms with Crippen molar-refractivity contribution in [2.24, 2.45) is 0 Å². The van der Waals surface area contributed by atoms with E-state index >= 15 is 0 Å². The highest BCUT2D eigenvalue weighted by atomic mass is 35.5. The molecule has 4 N–H and O–H groups in total. The maximum absolute atomic E-state index is 12.8. The van der Waals surface area contributed by atoms with Gasteiger partial charge < -0.3 is 29.7 Å². The van der Waals surface area contributed by atoms with E-state index in [9.17, 15) is 24.6 Å². The Kier molecular flexibility index (Phi) is 6.09. The number of phenolic OH excluding ortho intramolecular Hbond substituents is 1. The Hall–Kier alpha value is -3.98. The van der Waals surface area contributed by atoms with Gasteiger partial charge in [0.05, 0.1) is 5.02 Å². The van der Waals surface area contributed by atoms with Crippen molar-refractivity contribution >= 4 is 45.3 Å². The highest BCUT2D eigenvalue weighted by Crippen LogP contribution is 2.35. The largest absolute Gasteiger partial charge is 0.508 e. The Morgan fingerprint density at radius 2 is 1.97 bits per heavy atom. The van der Waals surface area contributed by atoms with Gasteiger partial charge in [0.1, 0.15) is 23.1 Å². The number of phenols is 1. The first kappa shape index (κ1) is 23.7. The maximum atomic E-state index is 12.8. The minimum absolute atomic E-state index is 0.00968. The highest BCUT2D eigenvalue weighted by molar-refractivity contribution is 6.32. The van der Waals surface area contributed by atoms with Crippen molar-refractivity contribution in [3.8, 4) is 11.5 Å². The number of carbonyl (C=O) groups is 2. The van der Waals surface area contributed by atoms with E-state index in [2.05, 4.69) is 10.3 Å². The van der Waals surface area contributed by atoms with E-state index in [1.807, 2.05) is 0 Å². The van der Waals surface area contributed by atoms with E-state index in [4.69, 9.17) is 20.8 Å². The van der Waals surface area contributed by atoms with Crippen LogP contribution in [0.4, 0.5) is 0 Å². The predicted octanol–water partition coefficient (Wildman–Crippen LogP) is 3.70. The zero-order valence-corrected chi connectivity index (χ0v) is 20.0. The van der Waals surface area contributed by atoms with E-state index in [1.54, 1.807) is 18.3 Å². The summed E-state index contributed by atoms with van der Waals surface area (Å²) in [6.45, 7) is 1.47. The van der Waals surface area contributed by atoms with E-state index < -0.39 is 24.0 Å². The van der Waals surface area contributed by atoms with Crippen LogP contribution in [0, 0.1) is 0 Å². The fourth-order valence-corrected chi connectivity index (χ4v) is 4.87. The molecule has 2 heterocycles. The average Bonchev–Trinajstić information content (AvgIpc) is 3.47. The fraction of sp³-hybridized carbons (Fsp3) is 0.269. The molecule has 1 amide bonds. The number of aromatic hydroxyl groups is 1. The van der Waals surface area contributed by atoms with E-state index in [-0.39, 0.29) is 28.6 Å². The summed E-state index contributed by atoms with van der Waals surface area (Å²) in [5, 5.41) is 23.6. The lowest BCUT2D eigenvalue weighted by molar-refractivity contribution is -0.142. The minimum Gasteiger partial charge on any atom is -0.508 e. The van der Waals surface area contributed by atoms with E-state index in [0.29, 0.717) is 28.5 Å². The third kappa shape index (κ3) is 4.37. The summed E-state index contributed by atoms with van der Waals surface area (Å²) in [7, 11) is 0. The highest BCUT2D eigenvalue weighted by Gasteiger charge is 2.27. The van der Waals surface area contributed by atoms with Gasteiger partial charge >= 0.3 is 11.6 Å². The van der Waals surface area contributed by atoms with Crippen molar-refractivity contribution < 1.29 is 29.0 Å². The van der Waals surface area contributed by atoms with Gasteiger partial charge in [-0.3, -0.25) is 4.79 Å². The van der Waals surface area contributed by atoms with Crippen molar-refractivity contribution in [2.75, 3.05) is 0 Å². The second-order valence-corrected chi connectivity index (χ2v) is 9.29. The first-order chi connectivity index (χ1) is 17.2. The molecule has 1 aliphatic carbocycles. The summed E-state index contributed by atoms with van der Waals surface area (Å²) >= 11 is 6.42. The third-order valence-electron chi connectivity index (χ3n) is 6.49. The fourth-order valence-electron chi connectivity index (χ4n) is 4.66. The Balaban J connectivity index is 1.33. The molecule has 36 heavy (non-hydrogen) atoms. The average molecular weight is 511 g/mol. The Morgan fingerprint density at radius 3 is 2.75 bits per heavy atom. The predicted molar refractivity (Wildman–Crippen MR) is 133 cm³/mol. The number of nitrogens with one attached hydrogen (secondary N) is 2. The van der Waals surface area contributed by atoms with Crippen LogP contribution in [0.3, 0.4) is 0 Å². The van der Waals surface area contributed by atoms with Crippen molar-refractivity contribution in [1.29, 1.82) is 0 Å². The van der Waals surface area contributed by atoms with Crippen LogP contribution in [0.15, 0.2) is 45.7 Å². The molecule has 2 atom stereocenters. The summed E-state index contributed by atoms with van der Waals surface area (Å²) in [4.78, 5) is 40.0. The van der Waals surface area contributed by atoms with Crippen LogP contribution in [-0.2, 0) is 28.9 Å². The van der Waals surface area contributed by atoms with Crippen LogP contribution in [0.25, 0.3) is 21.9 Å². The standard InChI is InChI=1S/C26H23ClN2O7/c1-12(35-23-10-22-18(9-19(23)27)15-3-2-4-16(15)26(34)36-22)24(31)29-21(25(32)33)7-13-11-28-20-6-5-14(30)8-17(13)20/h5-6,8-12,21,28,30H,2-4,7H2,1H3,(H,29,31)(H,32,33)/t12-,21-/m0/s1. The van der Waals surface area contributed by atoms with Gasteiger partial charge in [-0.05, 0) is 61.6 Å². The molecule has 4 aromatic rings. The zero-order valence-electron chi connectivity index (χ0n) is 19.3. The smallest absolute Gasteiger partial charge is 0.339 e. The maximum Gasteiger partial charge on any atom is 0.339 e. The number of carbonyl (C=O) groups excluding carboxylic acids is 1. The molecule has 0 fully saturated rings. The lowest BCUT2D eigenvalue weighted by Gasteiger charge is -2.19. The molecule has 186 valence electrons. The monoisotopic (exact) mass is 510 g/mol. The van der Waals surface area contributed by atoms with Gasteiger partial charge in [-0.1, -0.05) is 11.6 Å². The molecular formula is C26H23ClN2O7. The normalized spacial score (nSPS) is 14.5. The molecule has 10 heteroatoms. The second-order valence-electron chi connectivity index (χ2n) is 8.89. The number of aromatic amines is 1. The molecule has 2 aromatic heterocycles. The van der Waals surface area contributed by atoms with E-state index in [0.717, 1.165) is 29.3 Å². The molecule has 0 saturated carbocycles. The summed E-state index contributed by atoms with van der Waals surface area (Å²) in [6, 6.07) is 6.64. The number of halogens is 1. The Bertz CT molecular complexity index is 1570. The summed E-state index contributed by atoms with van der Waals surface area (Å²) in [5.41, 5.74) is 2.89. The molecular weight excluding hydrogens is 488 g/mol. The SMILES string of the molecule is C[C@H](Oc1cc2oc(=O)c3c(c2cc1Cl)CCC3)C(=O)N[C@@H](Cc1c[nH]c2ccc(O)cc12)C(=O)O. The molecule has 2 aromatic carbocycles. The number of rotatable bonds is 7. The van der Waals surface area contributed by atoms with Gasteiger partial charge in [-0.25, -0.2) is 9.59 Å². The number of amides is 1. The van der Waals surface area contributed by atoms with Crippen LogP contribution in [0.2, 0.25) is 5.02 Å². The van der Waals surface area contributed by atoms with Crippen LogP contribution in [0.5, 0.6) is 11.5 Å². The number of carboxylic acid groups (broad SMARTS) is 1. The van der Waals surface area contributed by atoms with Gasteiger partial charge in [0.2, 0.25) is 0 Å². The quantitative estimate of drug-likeness (QED) is 0.278. The topological polar surface area (TPSA) is 142 Å². The first-order valence-corrected chi connectivity index (χ1v) is 11.9. The number of aryl methyl sites for hydroxylation is 1. The number of ether oxygens (including phenoxy) is 1. The number of carboxylic acids is 1. The number of hydrogen-bond acceptors (Lipinski definition) is 6. The molecule has 0 bridgehead atoms. The number of benzene rings is 2.